The average molecular weight is 329 g/mol. The number of aromatic amines is 1. The third-order valence-corrected chi connectivity index (χ3v) is 4.95. The highest BCUT2D eigenvalue weighted by Crippen LogP contribution is 2.17. The molecule has 0 aliphatic heterocycles. The molecule has 2 N–H and O–H groups in total. The molecule has 0 saturated heterocycles. The van der Waals surface area contributed by atoms with Crippen molar-refractivity contribution < 1.29 is 0 Å². The van der Waals surface area contributed by atoms with Gasteiger partial charge in [0.2, 0.25) is 0 Å². The van der Waals surface area contributed by atoms with Crippen molar-refractivity contribution in [2.24, 2.45) is 0 Å². The molecule has 0 saturated carbocycles. The Labute approximate surface area is 148 Å². The SMILES string of the molecule is CCCCCCCCCCCCNCCc1c[nH]c2ccccc12. The maximum atomic E-state index is 3.60. The van der Waals surface area contributed by atoms with Crippen molar-refractivity contribution in [2.75, 3.05) is 13.1 Å². The molecule has 0 amide bonds. The molecule has 2 rings (SSSR count). The summed E-state index contributed by atoms with van der Waals surface area (Å²) in [5.41, 5.74) is 2.68. The van der Waals surface area contributed by atoms with Crippen LogP contribution in [0.25, 0.3) is 10.9 Å². The van der Waals surface area contributed by atoms with Crippen molar-refractivity contribution in [1.29, 1.82) is 0 Å². The minimum absolute atomic E-state index is 1.08. The Morgan fingerprint density at radius 2 is 1.46 bits per heavy atom. The number of aromatic nitrogens is 1. The minimum atomic E-state index is 1.08. The molecule has 2 aromatic rings. The summed E-state index contributed by atoms with van der Waals surface area (Å²) in [6.07, 6.45) is 17.4. The maximum Gasteiger partial charge on any atom is 0.0456 e. The van der Waals surface area contributed by atoms with E-state index in [0.717, 1.165) is 13.0 Å². The Bertz CT molecular complexity index is 544. The lowest BCUT2D eigenvalue weighted by Crippen LogP contribution is -2.18. The molecule has 0 aliphatic rings. The van der Waals surface area contributed by atoms with Crippen molar-refractivity contribution in [3.8, 4) is 0 Å². The predicted octanol–water partition coefficient (Wildman–Crippen LogP) is 6.22. The summed E-state index contributed by atoms with van der Waals surface area (Å²) in [7, 11) is 0. The molecule has 0 atom stereocenters. The third-order valence-electron chi connectivity index (χ3n) is 4.95. The van der Waals surface area contributed by atoms with E-state index in [2.05, 4.69) is 47.7 Å². The van der Waals surface area contributed by atoms with Gasteiger partial charge in [-0.05, 0) is 37.6 Å². The number of fused-ring (bicyclic) bond motifs is 1. The van der Waals surface area contributed by atoms with Gasteiger partial charge in [0.15, 0.2) is 0 Å². The van der Waals surface area contributed by atoms with E-state index in [1.54, 1.807) is 0 Å². The van der Waals surface area contributed by atoms with Crippen LogP contribution in [0.2, 0.25) is 0 Å². The molecule has 134 valence electrons. The fourth-order valence-corrected chi connectivity index (χ4v) is 3.42. The number of benzene rings is 1. The zero-order valence-electron chi connectivity index (χ0n) is 15.6. The Kier molecular flexibility index (Phi) is 9.63. The van der Waals surface area contributed by atoms with Crippen LogP contribution in [0.5, 0.6) is 0 Å². The molecule has 24 heavy (non-hydrogen) atoms. The maximum absolute atomic E-state index is 3.60. The molecule has 0 fully saturated rings. The Balaban J connectivity index is 1.41. The fourth-order valence-electron chi connectivity index (χ4n) is 3.42. The van der Waals surface area contributed by atoms with Crippen LogP contribution >= 0.6 is 0 Å². The predicted molar refractivity (Wildman–Crippen MR) is 107 cm³/mol. The normalized spacial score (nSPS) is 11.4. The van der Waals surface area contributed by atoms with Gasteiger partial charge >= 0.3 is 0 Å². The van der Waals surface area contributed by atoms with E-state index < -0.39 is 0 Å². The van der Waals surface area contributed by atoms with Crippen LogP contribution < -0.4 is 5.32 Å². The number of H-pyrrole nitrogens is 1. The quantitative estimate of drug-likeness (QED) is 0.396. The lowest BCUT2D eigenvalue weighted by atomic mass is 10.1. The van der Waals surface area contributed by atoms with Crippen LogP contribution in [0.15, 0.2) is 30.5 Å². The molecule has 1 aromatic heterocycles. The Morgan fingerprint density at radius 1 is 0.792 bits per heavy atom. The molecule has 0 spiro atoms. The largest absolute Gasteiger partial charge is 0.361 e. The summed E-state index contributed by atoms with van der Waals surface area (Å²) in [6.45, 7) is 4.53. The van der Waals surface area contributed by atoms with Gasteiger partial charge < -0.3 is 10.3 Å². The van der Waals surface area contributed by atoms with E-state index in [0.29, 0.717) is 0 Å². The lowest BCUT2D eigenvalue weighted by molar-refractivity contribution is 0.544. The summed E-state index contributed by atoms with van der Waals surface area (Å²) in [4.78, 5) is 3.36. The van der Waals surface area contributed by atoms with E-state index in [1.807, 2.05) is 0 Å². The fraction of sp³-hybridized carbons (Fsp3) is 0.636. The van der Waals surface area contributed by atoms with E-state index >= 15 is 0 Å². The lowest BCUT2D eigenvalue weighted by Gasteiger charge is -2.05. The van der Waals surface area contributed by atoms with Gasteiger partial charge in [0.25, 0.3) is 0 Å². The Morgan fingerprint density at radius 3 is 2.21 bits per heavy atom. The molecule has 0 bridgehead atoms. The highest BCUT2D eigenvalue weighted by atomic mass is 14.8. The zero-order chi connectivity index (χ0) is 16.9. The Hall–Kier alpha value is -1.28. The topological polar surface area (TPSA) is 27.8 Å². The van der Waals surface area contributed by atoms with E-state index in [-0.39, 0.29) is 0 Å². The van der Waals surface area contributed by atoms with Crippen molar-refractivity contribution in [3.05, 3.63) is 36.0 Å². The standard InChI is InChI=1S/C22H36N2/c1-2-3-4-5-6-7-8-9-10-13-17-23-18-16-20-19-24-22-15-12-11-14-21(20)22/h11-12,14-15,19,23-24H,2-10,13,16-18H2,1H3. The second-order valence-corrected chi connectivity index (χ2v) is 7.04. The highest BCUT2D eigenvalue weighted by Gasteiger charge is 2.01. The number of unbranched alkanes of at least 4 members (excludes halogenated alkanes) is 9. The van der Waals surface area contributed by atoms with Crippen molar-refractivity contribution in [3.63, 3.8) is 0 Å². The van der Waals surface area contributed by atoms with Gasteiger partial charge in [0.05, 0.1) is 0 Å². The van der Waals surface area contributed by atoms with Crippen LogP contribution in [-0.4, -0.2) is 18.1 Å². The molecular weight excluding hydrogens is 292 g/mol. The van der Waals surface area contributed by atoms with Gasteiger partial charge in [0, 0.05) is 17.1 Å². The molecule has 0 unspecified atom stereocenters. The number of para-hydroxylation sites is 1. The summed E-state index contributed by atoms with van der Waals surface area (Å²) in [5.74, 6) is 0. The molecular formula is C22H36N2. The van der Waals surface area contributed by atoms with Crippen molar-refractivity contribution in [1.82, 2.24) is 10.3 Å². The van der Waals surface area contributed by atoms with Crippen LogP contribution in [0, 0.1) is 0 Å². The van der Waals surface area contributed by atoms with E-state index in [1.165, 1.54) is 87.2 Å². The summed E-state index contributed by atoms with van der Waals surface area (Å²) >= 11 is 0. The third kappa shape index (κ3) is 7.09. The minimum Gasteiger partial charge on any atom is -0.361 e. The van der Waals surface area contributed by atoms with E-state index in [4.69, 9.17) is 0 Å². The number of rotatable bonds is 14. The second kappa shape index (κ2) is 12.1. The zero-order valence-corrected chi connectivity index (χ0v) is 15.6. The molecule has 2 heteroatoms. The first-order valence-corrected chi connectivity index (χ1v) is 10.2. The van der Waals surface area contributed by atoms with E-state index in [9.17, 15) is 0 Å². The monoisotopic (exact) mass is 328 g/mol. The summed E-state index contributed by atoms with van der Waals surface area (Å²) in [6, 6.07) is 8.57. The van der Waals surface area contributed by atoms with Gasteiger partial charge in [-0.2, -0.15) is 0 Å². The first kappa shape index (κ1) is 19.1. The van der Waals surface area contributed by atoms with Crippen molar-refractivity contribution in [2.45, 2.75) is 77.6 Å². The smallest absolute Gasteiger partial charge is 0.0456 e. The van der Waals surface area contributed by atoms with Gasteiger partial charge in [-0.15, -0.1) is 0 Å². The van der Waals surface area contributed by atoms with Crippen LogP contribution in [0.1, 0.15) is 76.7 Å². The average Bonchev–Trinajstić information content (AvgIpc) is 3.02. The second-order valence-electron chi connectivity index (χ2n) is 7.04. The van der Waals surface area contributed by atoms with Gasteiger partial charge in [-0.3, -0.25) is 0 Å². The van der Waals surface area contributed by atoms with Crippen LogP contribution in [-0.2, 0) is 6.42 Å². The molecule has 1 aromatic carbocycles. The number of nitrogens with one attached hydrogen (secondary N) is 2. The first-order valence-electron chi connectivity index (χ1n) is 10.2. The number of hydrogen-bond acceptors (Lipinski definition) is 1. The number of hydrogen-bond donors (Lipinski definition) is 2. The van der Waals surface area contributed by atoms with Crippen molar-refractivity contribution >= 4 is 10.9 Å². The van der Waals surface area contributed by atoms with Crippen LogP contribution in [0.3, 0.4) is 0 Å². The summed E-state index contributed by atoms with van der Waals surface area (Å²) < 4.78 is 0. The highest BCUT2D eigenvalue weighted by molar-refractivity contribution is 5.83. The molecule has 2 nitrogen and oxygen atoms in total. The molecule has 0 aliphatic carbocycles. The van der Waals surface area contributed by atoms with Gasteiger partial charge in [-0.25, -0.2) is 0 Å². The first-order chi connectivity index (χ1) is 11.9. The molecule has 1 heterocycles. The van der Waals surface area contributed by atoms with Crippen LogP contribution in [0.4, 0.5) is 0 Å². The summed E-state index contributed by atoms with van der Waals surface area (Å²) in [5, 5.41) is 4.97. The van der Waals surface area contributed by atoms with Gasteiger partial charge in [-0.1, -0.05) is 82.9 Å². The molecule has 0 radical (unpaired) electrons. The van der Waals surface area contributed by atoms with Gasteiger partial charge in [0.1, 0.15) is 0 Å².